The van der Waals surface area contributed by atoms with Crippen molar-refractivity contribution < 1.29 is 14.7 Å². The highest BCUT2D eigenvalue weighted by Gasteiger charge is 2.36. The fourth-order valence-electron chi connectivity index (χ4n) is 3.02. The van der Waals surface area contributed by atoms with Crippen LogP contribution in [-0.4, -0.2) is 44.8 Å². The van der Waals surface area contributed by atoms with Crippen LogP contribution in [0.25, 0.3) is 0 Å². The minimum atomic E-state index is -0.825. The molecule has 6 heteroatoms. The molecule has 1 amide bonds. The average Bonchev–Trinajstić information content (AvgIpc) is 3.00. The lowest BCUT2D eigenvalue weighted by molar-refractivity contribution is -0.141. The van der Waals surface area contributed by atoms with Crippen molar-refractivity contribution >= 4 is 11.9 Å². The molecule has 1 aromatic heterocycles. The van der Waals surface area contributed by atoms with Crippen LogP contribution in [0.1, 0.15) is 62.1 Å². The van der Waals surface area contributed by atoms with Gasteiger partial charge in [0.15, 0.2) is 5.69 Å². The zero-order chi connectivity index (χ0) is 16.1. The monoisotopic (exact) mass is 305 g/mol. The molecule has 3 rings (SSSR count). The second kappa shape index (κ2) is 5.11. The van der Waals surface area contributed by atoms with Crippen molar-refractivity contribution in [2.24, 2.45) is 5.92 Å². The van der Waals surface area contributed by atoms with Gasteiger partial charge in [0, 0.05) is 24.7 Å². The third kappa shape index (κ3) is 2.74. The van der Waals surface area contributed by atoms with Crippen LogP contribution in [0.15, 0.2) is 6.07 Å². The first kappa shape index (κ1) is 15.1. The van der Waals surface area contributed by atoms with Gasteiger partial charge in [-0.1, -0.05) is 0 Å². The molecule has 1 saturated heterocycles. The summed E-state index contributed by atoms with van der Waals surface area (Å²) in [6, 6.07) is 1.90. The molecule has 22 heavy (non-hydrogen) atoms. The van der Waals surface area contributed by atoms with E-state index in [4.69, 9.17) is 5.11 Å². The molecule has 120 valence electrons. The minimum Gasteiger partial charge on any atom is -0.481 e. The van der Waals surface area contributed by atoms with Crippen molar-refractivity contribution in [2.75, 3.05) is 13.1 Å². The maximum Gasteiger partial charge on any atom is 0.308 e. The van der Waals surface area contributed by atoms with E-state index in [-0.39, 0.29) is 18.0 Å². The summed E-state index contributed by atoms with van der Waals surface area (Å²) in [5.74, 6) is -0.905. The largest absolute Gasteiger partial charge is 0.481 e. The Morgan fingerprint density at radius 3 is 2.45 bits per heavy atom. The molecule has 0 spiro atoms. The van der Waals surface area contributed by atoms with E-state index in [1.807, 2.05) is 10.7 Å². The number of amides is 1. The summed E-state index contributed by atoms with van der Waals surface area (Å²) in [7, 11) is 0. The first-order chi connectivity index (χ1) is 10.3. The minimum absolute atomic E-state index is 0.145. The molecule has 2 heterocycles. The maximum absolute atomic E-state index is 12.6. The molecule has 2 aliphatic rings. The van der Waals surface area contributed by atoms with Crippen LogP contribution in [0.4, 0.5) is 0 Å². The topological polar surface area (TPSA) is 75.4 Å². The Labute approximate surface area is 130 Å². The molecular formula is C16H23N3O3. The number of carboxylic acids is 1. The predicted molar refractivity (Wildman–Crippen MR) is 80.8 cm³/mol. The third-order valence-electron chi connectivity index (χ3n) is 4.41. The van der Waals surface area contributed by atoms with Crippen molar-refractivity contribution in [3.05, 3.63) is 17.5 Å². The number of carboxylic acid groups (broad SMARTS) is 1. The standard InChI is InChI=1S/C16H23N3O3/c1-16(2,3)19-13(10-4-5-10)8-12(17-19)14(20)18-7-6-11(9-18)15(21)22/h8,10-11H,4-7,9H2,1-3H3,(H,21,22)/t11-/m1/s1. The molecule has 1 saturated carbocycles. The Kier molecular flexibility index (Phi) is 3.50. The van der Waals surface area contributed by atoms with E-state index in [0.717, 1.165) is 18.5 Å². The molecular weight excluding hydrogens is 282 g/mol. The summed E-state index contributed by atoms with van der Waals surface area (Å²) in [6.45, 7) is 7.02. The normalized spacial score (nSPS) is 22.1. The van der Waals surface area contributed by atoms with Crippen LogP contribution in [0.5, 0.6) is 0 Å². The number of carbonyl (C=O) groups is 2. The van der Waals surface area contributed by atoms with Crippen LogP contribution in [-0.2, 0) is 10.3 Å². The lowest BCUT2D eigenvalue weighted by Crippen LogP contribution is -2.31. The Hall–Kier alpha value is -1.85. The molecule has 1 aliphatic heterocycles. The van der Waals surface area contributed by atoms with Crippen molar-refractivity contribution in [3.8, 4) is 0 Å². The van der Waals surface area contributed by atoms with Crippen molar-refractivity contribution in [3.63, 3.8) is 0 Å². The quantitative estimate of drug-likeness (QED) is 0.927. The van der Waals surface area contributed by atoms with E-state index in [1.165, 1.54) is 0 Å². The molecule has 0 aromatic carbocycles. The molecule has 1 N–H and O–H groups in total. The molecule has 0 bridgehead atoms. The number of nitrogens with zero attached hydrogens (tertiary/aromatic N) is 3. The van der Waals surface area contributed by atoms with E-state index in [9.17, 15) is 9.59 Å². The maximum atomic E-state index is 12.6. The second-order valence-electron chi connectivity index (χ2n) is 7.39. The molecule has 6 nitrogen and oxygen atoms in total. The number of hydrogen-bond donors (Lipinski definition) is 1. The number of likely N-dealkylation sites (tertiary alicyclic amines) is 1. The van der Waals surface area contributed by atoms with Gasteiger partial charge in [0.05, 0.1) is 11.5 Å². The van der Waals surface area contributed by atoms with Crippen LogP contribution in [0, 0.1) is 5.92 Å². The van der Waals surface area contributed by atoms with Crippen LogP contribution >= 0.6 is 0 Å². The summed E-state index contributed by atoms with van der Waals surface area (Å²) in [6.07, 6.45) is 2.83. The van der Waals surface area contributed by atoms with Crippen LogP contribution < -0.4 is 0 Å². The summed E-state index contributed by atoms with van der Waals surface area (Å²) in [4.78, 5) is 25.3. The van der Waals surface area contributed by atoms with Gasteiger partial charge in [0.25, 0.3) is 5.91 Å². The van der Waals surface area contributed by atoms with Gasteiger partial charge >= 0.3 is 5.97 Å². The smallest absolute Gasteiger partial charge is 0.308 e. The lowest BCUT2D eigenvalue weighted by Gasteiger charge is -2.22. The van der Waals surface area contributed by atoms with Gasteiger partial charge in [-0.3, -0.25) is 14.3 Å². The van der Waals surface area contributed by atoms with Crippen molar-refractivity contribution in [1.29, 1.82) is 0 Å². The SMILES string of the molecule is CC(C)(C)n1nc(C(=O)N2CC[C@@H](C(=O)O)C2)cc1C1CC1. The Morgan fingerprint density at radius 2 is 1.95 bits per heavy atom. The summed E-state index contributed by atoms with van der Waals surface area (Å²) in [5.41, 5.74) is 1.41. The molecule has 1 atom stereocenters. The number of aromatic nitrogens is 2. The van der Waals surface area contributed by atoms with Gasteiger partial charge in [-0.15, -0.1) is 0 Å². The first-order valence-electron chi connectivity index (χ1n) is 7.90. The number of aliphatic carboxylic acids is 1. The number of rotatable bonds is 3. The highest BCUT2D eigenvalue weighted by atomic mass is 16.4. The van der Waals surface area contributed by atoms with Gasteiger partial charge in [-0.25, -0.2) is 0 Å². The second-order valence-corrected chi connectivity index (χ2v) is 7.39. The number of hydrogen-bond acceptors (Lipinski definition) is 3. The Balaban J connectivity index is 1.83. The van der Waals surface area contributed by atoms with Crippen molar-refractivity contribution in [1.82, 2.24) is 14.7 Å². The Morgan fingerprint density at radius 1 is 1.27 bits per heavy atom. The predicted octanol–water partition coefficient (Wildman–Crippen LogP) is 2.06. The molecule has 1 aliphatic carbocycles. The van der Waals surface area contributed by atoms with E-state index in [0.29, 0.717) is 24.6 Å². The average molecular weight is 305 g/mol. The molecule has 0 radical (unpaired) electrons. The number of carbonyl (C=O) groups excluding carboxylic acids is 1. The van der Waals surface area contributed by atoms with Gasteiger partial charge in [-0.05, 0) is 46.1 Å². The van der Waals surface area contributed by atoms with E-state index in [1.54, 1.807) is 4.90 Å². The molecule has 0 unspecified atom stereocenters. The molecule has 2 fully saturated rings. The fourth-order valence-corrected chi connectivity index (χ4v) is 3.02. The summed E-state index contributed by atoms with van der Waals surface area (Å²) < 4.78 is 1.96. The van der Waals surface area contributed by atoms with Crippen LogP contribution in [0.2, 0.25) is 0 Å². The van der Waals surface area contributed by atoms with Gasteiger partial charge in [0.2, 0.25) is 0 Å². The Bertz CT molecular complexity index is 611. The zero-order valence-electron chi connectivity index (χ0n) is 13.4. The van der Waals surface area contributed by atoms with Crippen LogP contribution in [0.3, 0.4) is 0 Å². The van der Waals surface area contributed by atoms with Gasteiger partial charge in [-0.2, -0.15) is 5.10 Å². The summed E-state index contributed by atoms with van der Waals surface area (Å²) in [5, 5.41) is 13.6. The highest BCUT2D eigenvalue weighted by molar-refractivity contribution is 5.93. The van der Waals surface area contributed by atoms with E-state index >= 15 is 0 Å². The third-order valence-corrected chi connectivity index (χ3v) is 4.41. The first-order valence-corrected chi connectivity index (χ1v) is 7.90. The zero-order valence-corrected chi connectivity index (χ0v) is 13.4. The van der Waals surface area contributed by atoms with Crippen molar-refractivity contribution in [2.45, 2.75) is 51.5 Å². The fraction of sp³-hybridized carbons (Fsp3) is 0.688. The van der Waals surface area contributed by atoms with Gasteiger partial charge < -0.3 is 10.0 Å². The van der Waals surface area contributed by atoms with E-state index in [2.05, 4.69) is 25.9 Å². The summed E-state index contributed by atoms with van der Waals surface area (Å²) >= 11 is 0. The van der Waals surface area contributed by atoms with E-state index < -0.39 is 11.9 Å². The van der Waals surface area contributed by atoms with Gasteiger partial charge in [0.1, 0.15) is 0 Å². The molecule has 1 aromatic rings. The highest BCUT2D eigenvalue weighted by Crippen LogP contribution is 2.41. The lowest BCUT2D eigenvalue weighted by atomic mass is 10.1.